The minimum atomic E-state index is 0.292. The highest BCUT2D eigenvalue weighted by Gasteiger charge is 2.40. The van der Waals surface area contributed by atoms with Gasteiger partial charge < -0.3 is 4.90 Å². The van der Waals surface area contributed by atoms with Gasteiger partial charge in [-0.1, -0.05) is 12.2 Å². The molecule has 0 spiro atoms. The summed E-state index contributed by atoms with van der Waals surface area (Å²) in [6, 6.07) is 0. The van der Waals surface area contributed by atoms with Crippen LogP contribution in [0.3, 0.4) is 0 Å². The molecule has 2 aliphatic rings. The molecule has 2 aliphatic carbocycles. The van der Waals surface area contributed by atoms with Crippen molar-refractivity contribution in [2.24, 2.45) is 17.8 Å². The van der Waals surface area contributed by atoms with Crippen LogP contribution in [0.2, 0.25) is 0 Å². The minimum Gasteiger partial charge on any atom is -0.346 e. The fourth-order valence-electron chi connectivity index (χ4n) is 2.50. The topological polar surface area (TPSA) is 20.3 Å². The third-order valence-electron chi connectivity index (χ3n) is 3.45. The van der Waals surface area contributed by atoms with Crippen LogP contribution in [-0.2, 0) is 4.79 Å². The first-order valence-corrected chi connectivity index (χ1v) is 5.15. The number of nitrogens with zero attached hydrogens (tertiary/aromatic N) is 1. The first kappa shape index (κ1) is 8.79. The Hall–Kier alpha value is -0.790. The Bertz CT molecular complexity index is 246. The molecular formula is C11H17NO. The summed E-state index contributed by atoms with van der Waals surface area (Å²) >= 11 is 0. The first-order valence-electron chi connectivity index (χ1n) is 5.15. The second kappa shape index (κ2) is 3.17. The van der Waals surface area contributed by atoms with Crippen LogP contribution >= 0.6 is 0 Å². The van der Waals surface area contributed by atoms with Crippen molar-refractivity contribution in [3.8, 4) is 0 Å². The molecule has 13 heavy (non-hydrogen) atoms. The molecule has 1 fully saturated rings. The molecule has 0 saturated heterocycles. The van der Waals surface area contributed by atoms with Crippen LogP contribution in [0, 0.1) is 17.8 Å². The summed E-state index contributed by atoms with van der Waals surface area (Å²) in [5.41, 5.74) is 0. The number of carbonyl (C=O) groups excluding carboxylic acids is 1. The van der Waals surface area contributed by atoms with Gasteiger partial charge in [-0.3, -0.25) is 4.79 Å². The predicted molar refractivity (Wildman–Crippen MR) is 52.2 cm³/mol. The van der Waals surface area contributed by atoms with Gasteiger partial charge in [0, 0.05) is 19.5 Å². The lowest BCUT2D eigenvalue weighted by Gasteiger charge is -2.23. The molecule has 1 saturated carbocycles. The van der Waals surface area contributed by atoms with Gasteiger partial charge >= 0.3 is 0 Å². The molecule has 0 aromatic heterocycles. The summed E-state index contributed by atoms with van der Waals surface area (Å²) < 4.78 is 0. The van der Waals surface area contributed by atoms with Crippen molar-refractivity contribution >= 4 is 5.91 Å². The predicted octanol–water partition coefficient (Wildman–Crippen LogP) is 1.68. The number of fused-ring (bicyclic) bond motifs is 2. The second-order valence-corrected chi connectivity index (χ2v) is 4.24. The summed E-state index contributed by atoms with van der Waals surface area (Å²) in [6.45, 7) is 2.86. The van der Waals surface area contributed by atoms with Crippen LogP contribution in [0.1, 0.15) is 19.8 Å². The number of amides is 1. The summed E-state index contributed by atoms with van der Waals surface area (Å²) in [4.78, 5) is 13.7. The zero-order valence-electron chi connectivity index (χ0n) is 8.36. The number of allylic oxidation sites excluding steroid dienone is 2. The van der Waals surface area contributed by atoms with Crippen molar-refractivity contribution in [2.45, 2.75) is 19.8 Å². The van der Waals surface area contributed by atoms with Crippen molar-refractivity contribution in [1.29, 1.82) is 0 Å². The SMILES string of the molecule is CCN(C)C(=O)C1CC2C=CC1C2. The largest absolute Gasteiger partial charge is 0.346 e. The van der Waals surface area contributed by atoms with Crippen molar-refractivity contribution < 1.29 is 4.79 Å². The Balaban J connectivity index is 2.03. The van der Waals surface area contributed by atoms with Crippen LogP contribution < -0.4 is 0 Å². The molecular weight excluding hydrogens is 162 g/mol. The molecule has 0 radical (unpaired) electrons. The Morgan fingerprint density at radius 3 is 2.69 bits per heavy atom. The molecule has 0 heterocycles. The summed E-state index contributed by atoms with van der Waals surface area (Å²) in [7, 11) is 1.90. The van der Waals surface area contributed by atoms with Crippen molar-refractivity contribution in [2.75, 3.05) is 13.6 Å². The minimum absolute atomic E-state index is 0.292. The van der Waals surface area contributed by atoms with E-state index in [2.05, 4.69) is 12.2 Å². The average molecular weight is 179 g/mol. The molecule has 3 unspecified atom stereocenters. The summed E-state index contributed by atoms with van der Waals surface area (Å²) in [6.07, 6.45) is 6.82. The zero-order valence-corrected chi connectivity index (χ0v) is 8.36. The van der Waals surface area contributed by atoms with Crippen molar-refractivity contribution in [3.05, 3.63) is 12.2 Å². The molecule has 2 rings (SSSR count). The lowest BCUT2D eigenvalue weighted by Crippen LogP contribution is -2.34. The molecule has 0 aliphatic heterocycles. The van der Waals surface area contributed by atoms with E-state index in [4.69, 9.17) is 0 Å². The van der Waals surface area contributed by atoms with Gasteiger partial charge in [-0.2, -0.15) is 0 Å². The number of hydrogen-bond acceptors (Lipinski definition) is 1. The van der Waals surface area contributed by atoms with Gasteiger partial charge in [-0.25, -0.2) is 0 Å². The summed E-state index contributed by atoms with van der Waals surface area (Å²) in [5, 5.41) is 0. The van der Waals surface area contributed by atoms with E-state index < -0.39 is 0 Å². The molecule has 0 N–H and O–H groups in total. The lowest BCUT2D eigenvalue weighted by atomic mass is 9.92. The molecule has 72 valence electrons. The molecule has 2 heteroatoms. The van der Waals surface area contributed by atoms with Crippen LogP contribution in [0.15, 0.2) is 12.2 Å². The maximum atomic E-state index is 11.9. The van der Waals surface area contributed by atoms with E-state index in [0.29, 0.717) is 23.7 Å². The van der Waals surface area contributed by atoms with Gasteiger partial charge in [-0.15, -0.1) is 0 Å². The zero-order chi connectivity index (χ0) is 9.42. The molecule has 0 aromatic rings. The van der Waals surface area contributed by atoms with E-state index in [0.717, 1.165) is 13.0 Å². The Morgan fingerprint density at radius 1 is 1.46 bits per heavy atom. The molecule has 2 nitrogen and oxygen atoms in total. The maximum Gasteiger partial charge on any atom is 0.226 e. The van der Waals surface area contributed by atoms with Crippen molar-refractivity contribution in [1.82, 2.24) is 4.90 Å². The first-order chi connectivity index (χ1) is 6.22. The highest BCUT2D eigenvalue weighted by Crippen LogP contribution is 2.43. The molecule has 0 aromatic carbocycles. The monoisotopic (exact) mass is 179 g/mol. The van der Waals surface area contributed by atoms with Crippen LogP contribution in [0.25, 0.3) is 0 Å². The van der Waals surface area contributed by atoms with Gasteiger partial charge in [0.05, 0.1) is 0 Å². The lowest BCUT2D eigenvalue weighted by molar-refractivity contribution is -0.134. The second-order valence-electron chi connectivity index (χ2n) is 4.24. The fourth-order valence-corrected chi connectivity index (χ4v) is 2.50. The van der Waals surface area contributed by atoms with Crippen LogP contribution in [0.4, 0.5) is 0 Å². The third-order valence-corrected chi connectivity index (χ3v) is 3.45. The van der Waals surface area contributed by atoms with Gasteiger partial charge in [0.15, 0.2) is 0 Å². The average Bonchev–Trinajstić information content (AvgIpc) is 2.76. The Kier molecular flexibility index (Phi) is 2.14. The van der Waals surface area contributed by atoms with E-state index in [1.54, 1.807) is 0 Å². The number of rotatable bonds is 2. The fraction of sp³-hybridized carbons (Fsp3) is 0.727. The van der Waals surface area contributed by atoms with E-state index in [-0.39, 0.29) is 0 Å². The standard InChI is InChI=1S/C11H17NO/c1-3-12(2)11(13)10-7-8-4-5-9(10)6-8/h4-5,8-10H,3,6-7H2,1-2H3. The van der Waals surface area contributed by atoms with Crippen LogP contribution in [-0.4, -0.2) is 24.4 Å². The van der Waals surface area contributed by atoms with Gasteiger partial charge in [0.1, 0.15) is 0 Å². The van der Waals surface area contributed by atoms with E-state index in [9.17, 15) is 4.79 Å². The van der Waals surface area contributed by atoms with E-state index in [1.807, 2.05) is 18.9 Å². The molecule has 2 bridgehead atoms. The third kappa shape index (κ3) is 1.38. The number of carbonyl (C=O) groups is 1. The smallest absolute Gasteiger partial charge is 0.226 e. The van der Waals surface area contributed by atoms with E-state index in [1.165, 1.54) is 6.42 Å². The highest BCUT2D eigenvalue weighted by atomic mass is 16.2. The van der Waals surface area contributed by atoms with Crippen LogP contribution in [0.5, 0.6) is 0 Å². The summed E-state index contributed by atoms with van der Waals surface area (Å²) in [5.74, 6) is 1.88. The maximum absolute atomic E-state index is 11.9. The molecule has 1 amide bonds. The van der Waals surface area contributed by atoms with E-state index >= 15 is 0 Å². The Morgan fingerprint density at radius 2 is 2.23 bits per heavy atom. The van der Waals surface area contributed by atoms with Crippen molar-refractivity contribution in [3.63, 3.8) is 0 Å². The molecule has 3 atom stereocenters. The number of hydrogen-bond donors (Lipinski definition) is 0. The van der Waals surface area contributed by atoms with Gasteiger partial charge in [0.2, 0.25) is 5.91 Å². The highest BCUT2D eigenvalue weighted by molar-refractivity contribution is 5.79. The Labute approximate surface area is 79.6 Å². The normalized spacial score (nSPS) is 35.4. The van der Waals surface area contributed by atoms with Gasteiger partial charge in [-0.05, 0) is 31.6 Å². The quantitative estimate of drug-likeness (QED) is 0.590. The van der Waals surface area contributed by atoms with Gasteiger partial charge in [0.25, 0.3) is 0 Å².